The third-order valence-corrected chi connectivity index (χ3v) is 4.02. The van der Waals surface area contributed by atoms with E-state index in [1.165, 1.54) is 16.7 Å². The second-order valence-corrected chi connectivity index (χ2v) is 5.70. The average Bonchev–Trinajstić information content (AvgIpc) is 2.30. The van der Waals surface area contributed by atoms with Crippen LogP contribution in [0, 0.1) is 13.8 Å². The van der Waals surface area contributed by atoms with Crippen molar-refractivity contribution in [1.82, 2.24) is 5.43 Å². The molecule has 17 heavy (non-hydrogen) atoms. The lowest BCUT2D eigenvalue weighted by atomic mass is 9.98. The van der Waals surface area contributed by atoms with Gasteiger partial charge in [-0.15, -0.1) is 0 Å². The average molecular weight is 252 g/mol. The number of thioether (sulfide) groups is 1. The summed E-state index contributed by atoms with van der Waals surface area (Å²) in [6.45, 7) is 5.04. The number of hydrazine groups is 1. The molecule has 0 bridgehead atoms. The Bertz CT molecular complexity index is 357. The Balaban J connectivity index is 2.21. The first-order valence-electron chi connectivity index (χ1n) is 5.94. The molecule has 0 aromatic heterocycles. The van der Waals surface area contributed by atoms with Gasteiger partial charge in [-0.25, -0.2) is 0 Å². The molecule has 1 aliphatic rings. The van der Waals surface area contributed by atoms with Crippen LogP contribution in [0.2, 0.25) is 0 Å². The fraction of sp³-hybridized carbons (Fsp3) is 0.538. The van der Waals surface area contributed by atoms with Gasteiger partial charge in [-0.3, -0.25) is 11.3 Å². The number of hydrogen-bond donors (Lipinski definition) is 2. The summed E-state index contributed by atoms with van der Waals surface area (Å²) >= 11 is 1.93. The minimum absolute atomic E-state index is 0.0846. The van der Waals surface area contributed by atoms with E-state index in [9.17, 15) is 0 Å². The second kappa shape index (κ2) is 5.87. The Labute approximate surface area is 107 Å². The van der Waals surface area contributed by atoms with Crippen LogP contribution in [0.4, 0.5) is 0 Å². The Kier molecular flexibility index (Phi) is 4.45. The molecule has 0 radical (unpaired) electrons. The predicted octanol–water partition coefficient (Wildman–Crippen LogP) is 1.94. The van der Waals surface area contributed by atoms with E-state index in [4.69, 9.17) is 10.6 Å². The zero-order valence-electron chi connectivity index (χ0n) is 10.4. The lowest BCUT2D eigenvalue weighted by Crippen LogP contribution is -2.41. The van der Waals surface area contributed by atoms with Gasteiger partial charge in [-0.2, -0.15) is 11.8 Å². The largest absolute Gasteiger partial charge is 0.374 e. The smallest absolute Gasteiger partial charge is 0.0873 e. The molecule has 1 aliphatic heterocycles. The SMILES string of the molecule is Cc1cc(C)cc(C(NN)C2CSCCO2)c1. The lowest BCUT2D eigenvalue weighted by molar-refractivity contribution is 0.0468. The highest BCUT2D eigenvalue weighted by Crippen LogP contribution is 2.26. The predicted molar refractivity (Wildman–Crippen MR) is 73.0 cm³/mol. The van der Waals surface area contributed by atoms with Gasteiger partial charge in [0.25, 0.3) is 0 Å². The van der Waals surface area contributed by atoms with Crippen molar-refractivity contribution in [2.75, 3.05) is 18.1 Å². The quantitative estimate of drug-likeness (QED) is 0.637. The van der Waals surface area contributed by atoms with E-state index < -0.39 is 0 Å². The Morgan fingerprint density at radius 3 is 2.59 bits per heavy atom. The van der Waals surface area contributed by atoms with Gasteiger partial charge in [-0.1, -0.05) is 29.3 Å². The van der Waals surface area contributed by atoms with Gasteiger partial charge in [0, 0.05) is 11.5 Å². The molecule has 1 aromatic carbocycles. The monoisotopic (exact) mass is 252 g/mol. The van der Waals surface area contributed by atoms with Crippen LogP contribution in [0.3, 0.4) is 0 Å². The van der Waals surface area contributed by atoms with Crippen molar-refractivity contribution in [3.8, 4) is 0 Å². The molecule has 2 atom stereocenters. The van der Waals surface area contributed by atoms with Crippen molar-refractivity contribution in [3.63, 3.8) is 0 Å². The van der Waals surface area contributed by atoms with Gasteiger partial charge in [0.05, 0.1) is 18.8 Å². The Hall–Kier alpha value is -0.550. The summed E-state index contributed by atoms with van der Waals surface area (Å²) in [7, 11) is 0. The maximum absolute atomic E-state index is 5.80. The van der Waals surface area contributed by atoms with Crippen LogP contribution in [0.15, 0.2) is 18.2 Å². The summed E-state index contributed by atoms with van der Waals surface area (Å²) in [4.78, 5) is 0. The summed E-state index contributed by atoms with van der Waals surface area (Å²) in [5, 5.41) is 0. The number of ether oxygens (including phenoxy) is 1. The molecule has 0 spiro atoms. The first-order valence-corrected chi connectivity index (χ1v) is 7.10. The van der Waals surface area contributed by atoms with E-state index in [2.05, 4.69) is 37.5 Å². The maximum Gasteiger partial charge on any atom is 0.0873 e. The molecule has 3 N–H and O–H groups in total. The molecule has 2 unspecified atom stereocenters. The van der Waals surface area contributed by atoms with Crippen LogP contribution in [-0.2, 0) is 4.74 Å². The second-order valence-electron chi connectivity index (χ2n) is 4.55. The van der Waals surface area contributed by atoms with Crippen molar-refractivity contribution >= 4 is 11.8 Å². The topological polar surface area (TPSA) is 47.3 Å². The van der Waals surface area contributed by atoms with Gasteiger partial charge in [0.15, 0.2) is 0 Å². The van der Waals surface area contributed by atoms with Crippen molar-refractivity contribution < 1.29 is 4.74 Å². The van der Waals surface area contributed by atoms with Crippen LogP contribution in [0.5, 0.6) is 0 Å². The Morgan fingerprint density at radius 1 is 1.35 bits per heavy atom. The molecule has 4 heteroatoms. The minimum Gasteiger partial charge on any atom is -0.374 e. The maximum atomic E-state index is 5.80. The molecule has 2 rings (SSSR count). The first kappa shape index (κ1) is 12.9. The van der Waals surface area contributed by atoms with Gasteiger partial charge in [0.2, 0.25) is 0 Å². The highest BCUT2D eigenvalue weighted by atomic mass is 32.2. The number of benzene rings is 1. The molecular formula is C13H20N2OS. The highest BCUT2D eigenvalue weighted by Gasteiger charge is 2.25. The van der Waals surface area contributed by atoms with E-state index in [0.29, 0.717) is 0 Å². The molecule has 0 saturated carbocycles. The standard InChI is InChI=1S/C13H20N2OS/c1-9-5-10(2)7-11(6-9)13(15-14)12-8-17-4-3-16-12/h5-7,12-13,15H,3-4,8,14H2,1-2H3. The van der Waals surface area contributed by atoms with E-state index in [0.717, 1.165) is 18.1 Å². The van der Waals surface area contributed by atoms with Crippen LogP contribution < -0.4 is 11.3 Å². The molecule has 0 aliphatic carbocycles. The van der Waals surface area contributed by atoms with E-state index in [1.54, 1.807) is 0 Å². The van der Waals surface area contributed by atoms with Crippen molar-refractivity contribution in [3.05, 3.63) is 34.9 Å². The molecule has 94 valence electrons. The third-order valence-electron chi connectivity index (χ3n) is 3.00. The summed E-state index contributed by atoms with van der Waals surface area (Å²) in [5.74, 6) is 7.78. The molecule has 1 aromatic rings. The molecule has 0 amide bonds. The summed E-state index contributed by atoms with van der Waals surface area (Å²) < 4.78 is 5.80. The zero-order chi connectivity index (χ0) is 12.3. The van der Waals surface area contributed by atoms with Crippen molar-refractivity contribution in [1.29, 1.82) is 0 Å². The van der Waals surface area contributed by atoms with Gasteiger partial charge >= 0.3 is 0 Å². The number of nitrogens with two attached hydrogens (primary N) is 1. The lowest BCUT2D eigenvalue weighted by Gasteiger charge is -2.30. The number of nitrogens with one attached hydrogen (secondary N) is 1. The molecular weight excluding hydrogens is 232 g/mol. The van der Waals surface area contributed by atoms with Gasteiger partial charge in [0.1, 0.15) is 0 Å². The van der Waals surface area contributed by atoms with Crippen LogP contribution in [-0.4, -0.2) is 24.2 Å². The molecule has 3 nitrogen and oxygen atoms in total. The van der Waals surface area contributed by atoms with E-state index in [-0.39, 0.29) is 12.1 Å². The number of aryl methyl sites for hydroxylation is 2. The normalized spacial score (nSPS) is 22.4. The zero-order valence-corrected chi connectivity index (χ0v) is 11.2. The van der Waals surface area contributed by atoms with Crippen molar-refractivity contribution in [2.24, 2.45) is 5.84 Å². The number of hydrogen-bond acceptors (Lipinski definition) is 4. The third kappa shape index (κ3) is 3.22. The summed E-state index contributed by atoms with van der Waals surface area (Å²) in [6.07, 6.45) is 0.167. The van der Waals surface area contributed by atoms with Crippen LogP contribution >= 0.6 is 11.8 Å². The van der Waals surface area contributed by atoms with Gasteiger partial charge in [-0.05, 0) is 19.4 Å². The summed E-state index contributed by atoms with van der Waals surface area (Å²) in [5.41, 5.74) is 6.66. The number of rotatable bonds is 3. The highest BCUT2D eigenvalue weighted by molar-refractivity contribution is 7.99. The minimum atomic E-state index is 0.0846. The Morgan fingerprint density at radius 2 is 2.06 bits per heavy atom. The summed E-state index contributed by atoms with van der Waals surface area (Å²) in [6, 6.07) is 6.62. The molecule has 1 heterocycles. The van der Waals surface area contributed by atoms with Gasteiger partial charge < -0.3 is 4.74 Å². The first-order chi connectivity index (χ1) is 8.20. The molecule has 1 fully saturated rings. The molecule has 1 saturated heterocycles. The fourth-order valence-electron chi connectivity index (χ4n) is 2.31. The van der Waals surface area contributed by atoms with Crippen molar-refractivity contribution in [2.45, 2.75) is 26.0 Å². The van der Waals surface area contributed by atoms with E-state index >= 15 is 0 Å². The fourth-order valence-corrected chi connectivity index (χ4v) is 3.21. The van der Waals surface area contributed by atoms with Crippen LogP contribution in [0.25, 0.3) is 0 Å². The van der Waals surface area contributed by atoms with E-state index in [1.807, 2.05) is 11.8 Å². The van der Waals surface area contributed by atoms with Crippen LogP contribution in [0.1, 0.15) is 22.7 Å².